The highest BCUT2D eigenvalue weighted by atomic mass is 32.2. The Bertz CT molecular complexity index is 141. The average Bonchev–Trinajstić information content (AvgIpc) is 2.88. The van der Waals surface area contributed by atoms with Crippen LogP contribution in [0.4, 0.5) is 0 Å². The quantitative estimate of drug-likeness (QED) is 0.706. The van der Waals surface area contributed by atoms with Crippen molar-refractivity contribution >= 4 is 11.8 Å². The maximum atomic E-state index is 6.06. The number of nitrogens with zero attached hydrogens (tertiary/aromatic N) is 1. The van der Waals surface area contributed by atoms with Gasteiger partial charge in [0, 0.05) is 37.2 Å². The average molecular weight is 186 g/mol. The van der Waals surface area contributed by atoms with E-state index < -0.39 is 0 Å². The highest BCUT2D eigenvalue weighted by Gasteiger charge is 2.29. The summed E-state index contributed by atoms with van der Waals surface area (Å²) >= 11 is 2.07. The van der Waals surface area contributed by atoms with E-state index in [-0.39, 0.29) is 0 Å². The number of nitrogens with two attached hydrogens (primary N) is 1. The first kappa shape index (κ1) is 8.85. The first-order valence-corrected chi connectivity index (χ1v) is 6.07. The van der Waals surface area contributed by atoms with Gasteiger partial charge in [-0.25, -0.2) is 0 Å². The topological polar surface area (TPSA) is 29.3 Å². The van der Waals surface area contributed by atoms with Crippen LogP contribution in [0.2, 0.25) is 0 Å². The minimum absolute atomic E-state index is 0.466. The molecule has 2 nitrogen and oxygen atoms in total. The molecule has 12 heavy (non-hydrogen) atoms. The van der Waals surface area contributed by atoms with Gasteiger partial charge in [-0.05, 0) is 18.8 Å². The Morgan fingerprint density at radius 3 is 2.58 bits per heavy atom. The van der Waals surface area contributed by atoms with Gasteiger partial charge >= 0.3 is 0 Å². The van der Waals surface area contributed by atoms with Crippen LogP contribution in [0.1, 0.15) is 12.8 Å². The summed E-state index contributed by atoms with van der Waals surface area (Å²) < 4.78 is 0. The van der Waals surface area contributed by atoms with E-state index in [2.05, 4.69) is 16.7 Å². The van der Waals surface area contributed by atoms with Gasteiger partial charge < -0.3 is 10.6 Å². The lowest BCUT2D eigenvalue weighted by molar-refractivity contribution is 0.272. The summed E-state index contributed by atoms with van der Waals surface area (Å²) in [6, 6.07) is 0.466. The summed E-state index contributed by atoms with van der Waals surface area (Å²) in [5.41, 5.74) is 6.06. The number of hydrogen-bond donors (Lipinski definition) is 1. The highest BCUT2D eigenvalue weighted by Crippen LogP contribution is 2.31. The lowest BCUT2D eigenvalue weighted by Crippen LogP contribution is -2.42. The fourth-order valence-corrected chi connectivity index (χ4v) is 2.73. The van der Waals surface area contributed by atoms with E-state index in [1.165, 1.54) is 37.4 Å². The molecule has 1 unspecified atom stereocenters. The molecule has 0 radical (unpaired) electrons. The molecule has 2 rings (SSSR count). The second-order valence-corrected chi connectivity index (χ2v) is 5.14. The van der Waals surface area contributed by atoms with Crippen LogP contribution in [0.3, 0.4) is 0 Å². The summed E-state index contributed by atoms with van der Waals surface area (Å²) in [5.74, 6) is 3.47. The molecule has 1 saturated heterocycles. The van der Waals surface area contributed by atoms with Gasteiger partial charge in [0.25, 0.3) is 0 Å². The van der Waals surface area contributed by atoms with E-state index >= 15 is 0 Å². The van der Waals surface area contributed by atoms with Crippen LogP contribution >= 0.6 is 11.8 Å². The van der Waals surface area contributed by atoms with Crippen LogP contribution in [-0.2, 0) is 0 Å². The summed E-state index contributed by atoms with van der Waals surface area (Å²) in [7, 11) is 0. The molecule has 1 saturated carbocycles. The van der Waals surface area contributed by atoms with Crippen molar-refractivity contribution in [3.05, 3.63) is 0 Å². The first-order chi connectivity index (χ1) is 5.86. The van der Waals surface area contributed by atoms with Crippen molar-refractivity contribution in [3.8, 4) is 0 Å². The zero-order chi connectivity index (χ0) is 8.39. The molecule has 2 aliphatic rings. The molecule has 0 spiro atoms. The smallest absolute Gasteiger partial charge is 0.0196 e. The minimum atomic E-state index is 0.466. The zero-order valence-corrected chi connectivity index (χ0v) is 8.35. The molecule has 3 heteroatoms. The maximum absolute atomic E-state index is 6.06. The van der Waals surface area contributed by atoms with Gasteiger partial charge in [-0.15, -0.1) is 0 Å². The van der Waals surface area contributed by atoms with E-state index in [1.54, 1.807) is 0 Å². The fourth-order valence-electron chi connectivity index (χ4n) is 1.76. The van der Waals surface area contributed by atoms with Gasteiger partial charge in [-0.2, -0.15) is 11.8 Å². The van der Waals surface area contributed by atoms with Crippen LogP contribution in [0.15, 0.2) is 0 Å². The standard InChI is InChI=1S/C9H18N2S/c10-9(8-1-2-8)7-11-3-5-12-6-4-11/h8-9H,1-7,10H2. The molecule has 1 atom stereocenters. The summed E-state index contributed by atoms with van der Waals surface area (Å²) in [6.45, 7) is 3.65. The van der Waals surface area contributed by atoms with Crippen LogP contribution in [0, 0.1) is 5.92 Å². The summed E-state index contributed by atoms with van der Waals surface area (Å²) in [5, 5.41) is 0. The molecule has 1 aliphatic heterocycles. The normalized spacial score (nSPS) is 28.8. The Balaban J connectivity index is 1.69. The summed E-state index contributed by atoms with van der Waals surface area (Å²) in [4.78, 5) is 2.53. The summed E-state index contributed by atoms with van der Waals surface area (Å²) in [6.07, 6.45) is 2.76. The van der Waals surface area contributed by atoms with Gasteiger partial charge in [0.1, 0.15) is 0 Å². The maximum Gasteiger partial charge on any atom is 0.0196 e. The third kappa shape index (κ3) is 2.38. The third-order valence-corrected chi connectivity index (χ3v) is 3.74. The lowest BCUT2D eigenvalue weighted by Gasteiger charge is -2.28. The van der Waals surface area contributed by atoms with Gasteiger partial charge in [0.05, 0.1) is 0 Å². The van der Waals surface area contributed by atoms with Gasteiger partial charge in [-0.1, -0.05) is 0 Å². The molecule has 0 amide bonds. The number of thioether (sulfide) groups is 1. The Kier molecular flexibility index (Phi) is 2.94. The molecule has 0 aromatic rings. The van der Waals surface area contributed by atoms with Crippen LogP contribution in [0.5, 0.6) is 0 Å². The lowest BCUT2D eigenvalue weighted by atomic mass is 10.2. The predicted octanol–water partition coefficient (Wildman–Crippen LogP) is 0.772. The van der Waals surface area contributed by atoms with Gasteiger partial charge in [0.15, 0.2) is 0 Å². The fraction of sp³-hybridized carbons (Fsp3) is 1.00. The van der Waals surface area contributed by atoms with E-state index in [1.807, 2.05) is 0 Å². The van der Waals surface area contributed by atoms with Crippen molar-refractivity contribution in [2.24, 2.45) is 11.7 Å². The molecule has 0 aromatic heterocycles. The van der Waals surface area contributed by atoms with E-state index in [0.29, 0.717) is 6.04 Å². The van der Waals surface area contributed by atoms with Crippen LogP contribution in [-0.4, -0.2) is 42.1 Å². The first-order valence-electron chi connectivity index (χ1n) is 4.92. The molecule has 0 bridgehead atoms. The Morgan fingerprint density at radius 2 is 2.00 bits per heavy atom. The van der Waals surface area contributed by atoms with Crippen molar-refractivity contribution in [1.29, 1.82) is 0 Å². The SMILES string of the molecule is NC(CN1CCSCC1)C1CC1. The van der Waals surface area contributed by atoms with Crippen molar-refractivity contribution in [1.82, 2.24) is 4.90 Å². The van der Waals surface area contributed by atoms with Crippen molar-refractivity contribution in [2.75, 3.05) is 31.1 Å². The minimum Gasteiger partial charge on any atom is -0.326 e. The second kappa shape index (κ2) is 3.99. The molecule has 70 valence electrons. The van der Waals surface area contributed by atoms with E-state index in [0.717, 1.165) is 12.5 Å². The van der Waals surface area contributed by atoms with Crippen molar-refractivity contribution in [2.45, 2.75) is 18.9 Å². The molecule has 1 heterocycles. The molecule has 2 fully saturated rings. The van der Waals surface area contributed by atoms with Gasteiger partial charge in [0.2, 0.25) is 0 Å². The van der Waals surface area contributed by atoms with Crippen LogP contribution < -0.4 is 5.73 Å². The molecular formula is C9H18N2S. The van der Waals surface area contributed by atoms with Crippen molar-refractivity contribution in [3.63, 3.8) is 0 Å². The second-order valence-electron chi connectivity index (χ2n) is 3.91. The predicted molar refractivity (Wildman–Crippen MR) is 54.5 cm³/mol. The molecule has 1 aliphatic carbocycles. The highest BCUT2D eigenvalue weighted by molar-refractivity contribution is 7.99. The van der Waals surface area contributed by atoms with Crippen molar-refractivity contribution < 1.29 is 0 Å². The Hall–Kier alpha value is 0.270. The largest absolute Gasteiger partial charge is 0.326 e. The molecular weight excluding hydrogens is 168 g/mol. The van der Waals surface area contributed by atoms with Gasteiger partial charge in [-0.3, -0.25) is 0 Å². The van der Waals surface area contributed by atoms with Crippen LogP contribution in [0.25, 0.3) is 0 Å². The Labute approximate surface area is 78.9 Å². The molecule has 0 aromatic carbocycles. The zero-order valence-electron chi connectivity index (χ0n) is 7.54. The number of hydrogen-bond acceptors (Lipinski definition) is 3. The molecule has 2 N–H and O–H groups in total. The monoisotopic (exact) mass is 186 g/mol. The number of rotatable bonds is 3. The van der Waals surface area contributed by atoms with E-state index in [4.69, 9.17) is 5.73 Å². The van der Waals surface area contributed by atoms with E-state index in [9.17, 15) is 0 Å². The Morgan fingerprint density at radius 1 is 1.33 bits per heavy atom. The third-order valence-electron chi connectivity index (χ3n) is 2.80.